The standard InChI is InChI=1S/C21H21N7OS/c1-28(14-6-21(7-14)10-22-11-21)20-25-19-18(30-20)5-16(26-27-19)15-3-2-12(4-17(15)29)13-8-23-24-9-13/h2-5,8-9,14,22,29H,6-7,10-11H2,1H3,(H,23,24). The van der Waals surface area contributed by atoms with Gasteiger partial charge in [0.1, 0.15) is 5.75 Å². The predicted octanol–water partition coefficient (Wildman–Crippen LogP) is 3.04. The van der Waals surface area contributed by atoms with Gasteiger partial charge in [-0.2, -0.15) is 10.1 Å². The second kappa shape index (κ2) is 6.48. The Morgan fingerprint density at radius 3 is 2.73 bits per heavy atom. The van der Waals surface area contributed by atoms with E-state index in [4.69, 9.17) is 4.98 Å². The first-order chi connectivity index (χ1) is 14.6. The maximum Gasteiger partial charge on any atom is 0.194 e. The van der Waals surface area contributed by atoms with E-state index >= 15 is 0 Å². The number of hydrogen-bond donors (Lipinski definition) is 3. The first-order valence-corrected chi connectivity index (χ1v) is 10.8. The van der Waals surface area contributed by atoms with E-state index in [1.165, 1.54) is 12.8 Å². The number of aromatic nitrogens is 5. The molecule has 1 aromatic carbocycles. The van der Waals surface area contributed by atoms with Crippen LogP contribution in [0.4, 0.5) is 5.13 Å². The molecule has 8 nitrogen and oxygen atoms in total. The van der Waals surface area contributed by atoms with Gasteiger partial charge in [-0.25, -0.2) is 0 Å². The van der Waals surface area contributed by atoms with Crippen LogP contribution in [0.25, 0.3) is 32.7 Å². The van der Waals surface area contributed by atoms with Gasteiger partial charge in [0.15, 0.2) is 10.8 Å². The topological polar surface area (TPSA) is 103 Å². The van der Waals surface area contributed by atoms with Gasteiger partial charge in [0, 0.05) is 43.5 Å². The highest BCUT2D eigenvalue weighted by Crippen LogP contribution is 2.47. The van der Waals surface area contributed by atoms with Gasteiger partial charge < -0.3 is 15.3 Å². The lowest BCUT2D eigenvalue weighted by Gasteiger charge is -2.56. The summed E-state index contributed by atoms with van der Waals surface area (Å²) in [5.74, 6) is 0.165. The average molecular weight is 420 g/mol. The van der Waals surface area contributed by atoms with Crippen LogP contribution in [-0.2, 0) is 0 Å². The highest BCUT2D eigenvalue weighted by Gasteiger charge is 2.50. The first-order valence-electron chi connectivity index (χ1n) is 10.0. The molecule has 1 spiro atoms. The first kappa shape index (κ1) is 17.8. The van der Waals surface area contributed by atoms with Crippen molar-refractivity contribution in [2.75, 3.05) is 25.0 Å². The smallest absolute Gasteiger partial charge is 0.194 e. The van der Waals surface area contributed by atoms with Crippen LogP contribution >= 0.6 is 11.3 Å². The summed E-state index contributed by atoms with van der Waals surface area (Å²) in [6, 6.07) is 8.03. The molecule has 1 saturated heterocycles. The molecule has 3 N–H and O–H groups in total. The van der Waals surface area contributed by atoms with Gasteiger partial charge in [0.2, 0.25) is 0 Å². The van der Waals surface area contributed by atoms with E-state index < -0.39 is 0 Å². The number of H-pyrrole nitrogens is 1. The van der Waals surface area contributed by atoms with Gasteiger partial charge in [0.25, 0.3) is 0 Å². The maximum atomic E-state index is 10.6. The van der Waals surface area contributed by atoms with Crippen molar-refractivity contribution < 1.29 is 5.11 Å². The highest BCUT2D eigenvalue weighted by atomic mass is 32.1. The number of phenols is 1. The fourth-order valence-corrected chi connectivity index (χ4v) is 5.46. The fourth-order valence-electron chi connectivity index (χ4n) is 4.49. The lowest BCUT2D eigenvalue weighted by molar-refractivity contribution is 0.0374. The molecule has 0 unspecified atom stereocenters. The van der Waals surface area contributed by atoms with Crippen molar-refractivity contribution in [2.45, 2.75) is 18.9 Å². The van der Waals surface area contributed by atoms with Gasteiger partial charge >= 0.3 is 0 Å². The molecule has 1 aliphatic heterocycles. The molecule has 30 heavy (non-hydrogen) atoms. The third-order valence-electron chi connectivity index (χ3n) is 6.44. The Hall–Kier alpha value is -3.04. The van der Waals surface area contributed by atoms with Crippen LogP contribution in [0.2, 0.25) is 0 Å². The number of anilines is 1. The number of aromatic hydroxyl groups is 1. The van der Waals surface area contributed by atoms with Crippen molar-refractivity contribution in [3.8, 4) is 28.1 Å². The lowest BCUT2D eigenvalue weighted by Crippen LogP contribution is -2.64. The summed E-state index contributed by atoms with van der Waals surface area (Å²) in [4.78, 5) is 6.98. The zero-order chi connectivity index (χ0) is 20.3. The molecule has 4 heterocycles. The Bertz CT molecular complexity index is 1220. The predicted molar refractivity (Wildman–Crippen MR) is 117 cm³/mol. The van der Waals surface area contributed by atoms with Crippen molar-refractivity contribution in [1.82, 2.24) is 30.7 Å². The Morgan fingerprint density at radius 2 is 2.03 bits per heavy atom. The molecule has 3 aromatic heterocycles. The summed E-state index contributed by atoms with van der Waals surface area (Å²) >= 11 is 1.63. The van der Waals surface area contributed by atoms with Crippen molar-refractivity contribution in [1.29, 1.82) is 0 Å². The summed E-state index contributed by atoms with van der Waals surface area (Å²) in [5.41, 5.74) is 4.28. The van der Waals surface area contributed by atoms with E-state index in [1.54, 1.807) is 29.8 Å². The number of fused-ring (bicyclic) bond motifs is 1. The molecule has 2 aliphatic rings. The van der Waals surface area contributed by atoms with Gasteiger partial charge in [-0.05, 0) is 42.0 Å². The molecular formula is C21H21N7OS. The van der Waals surface area contributed by atoms with Crippen molar-refractivity contribution in [3.63, 3.8) is 0 Å². The van der Waals surface area contributed by atoms with Crippen LogP contribution in [0.1, 0.15) is 12.8 Å². The van der Waals surface area contributed by atoms with E-state index in [0.717, 1.165) is 34.0 Å². The number of thiazole rings is 1. The summed E-state index contributed by atoms with van der Waals surface area (Å²) in [6.07, 6.45) is 5.96. The molecule has 2 fully saturated rings. The van der Waals surface area contributed by atoms with Crippen molar-refractivity contribution >= 4 is 26.8 Å². The molecule has 0 atom stereocenters. The summed E-state index contributed by atoms with van der Waals surface area (Å²) in [6.45, 7) is 2.30. The number of nitrogens with one attached hydrogen (secondary N) is 2. The minimum Gasteiger partial charge on any atom is -0.507 e. The van der Waals surface area contributed by atoms with Gasteiger partial charge in [0.05, 0.1) is 16.6 Å². The molecule has 152 valence electrons. The molecule has 0 bridgehead atoms. The number of hydrogen-bond acceptors (Lipinski definition) is 8. The zero-order valence-corrected chi connectivity index (χ0v) is 17.3. The van der Waals surface area contributed by atoms with E-state index in [0.29, 0.717) is 28.4 Å². The summed E-state index contributed by atoms with van der Waals surface area (Å²) < 4.78 is 0.972. The van der Waals surface area contributed by atoms with Crippen LogP contribution in [0, 0.1) is 5.41 Å². The molecule has 9 heteroatoms. The van der Waals surface area contributed by atoms with E-state index in [9.17, 15) is 5.11 Å². The van der Waals surface area contributed by atoms with Crippen LogP contribution < -0.4 is 10.2 Å². The second-order valence-electron chi connectivity index (χ2n) is 8.41. The Labute approximate surface area is 177 Å². The minimum absolute atomic E-state index is 0.165. The minimum atomic E-state index is 0.165. The maximum absolute atomic E-state index is 10.6. The molecule has 1 saturated carbocycles. The monoisotopic (exact) mass is 419 g/mol. The number of nitrogens with zero attached hydrogens (tertiary/aromatic N) is 5. The number of benzene rings is 1. The Kier molecular flexibility index (Phi) is 3.84. The van der Waals surface area contributed by atoms with Crippen LogP contribution in [0.15, 0.2) is 36.7 Å². The lowest BCUT2D eigenvalue weighted by atomic mass is 9.61. The number of aromatic amines is 1. The third kappa shape index (κ3) is 2.77. The number of phenolic OH excluding ortho intramolecular Hbond substituents is 1. The van der Waals surface area contributed by atoms with Crippen LogP contribution in [-0.4, -0.2) is 56.7 Å². The summed E-state index contributed by atoms with van der Waals surface area (Å²) in [7, 11) is 2.12. The normalized spacial score (nSPS) is 17.8. The van der Waals surface area contributed by atoms with E-state index in [1.807, 2.05) is 18.2 Å². The largest absolute Gasteiger partial charge is 0.507 e. The van der Waals surface area contributed by atoms with E-state index in [2.05, 4.69) is 37.7 Å². The molecule has 6 rings (SSSR count). The second-order valence-corrected chi connectivity index (χ2v) is 9.42. The van der Waals surface area contributed by atoms with Crippen molar-refractivity contribution in [3.05, 3.63) is 36.7 Å². The molecule has 4 aromatic rings. The third-order valence-corrected chi connectivity index (χ3v) is 7.52. The number of rotatable bonds is 4. The SMILES string of the molecule is CN(c1nc2nnc(-c3ccc(-c4cn[nH]c4)cc3O)cc2s1)C1CC2(CNC2)C1. The van der Waals surface area contributed by atoms with Gasteiger partial charge in [-0.15, -0.1) is 10.2 Å². The highest BCUT2D eigenvalue weighted by molar-refractivity contribution is 7.22. The Morgan fingerprint density at radius 1 is 1.17 bits per heavy atom. The van der Waals surface area contributed by atoms with Gasteiger partial charge in [-0.3, -0.25) is 5.10 Å². The Balaban J connectivity index is 1.27. The summed E-state index contributed by atoms with van der Waals surface area (Å²) in [5, 5.41) is 30.3. The average Bonchev–Trinajstić information content (AvgIpc) is 3.35. The zero-order valence-electron chi connectivity index (χ0n) is 16.5. The van der Waals surface area contributed by atoms with E-state index in [-0.39, 0.29) is 5.75 Å². The molecule has 0 amide bonds. The molecular weight excluding hydrogens is 398 g/mol. The molecule has 1 aliphatic carbocycles. The fraction of sp³-hybridized carbons (Fsp3) is 0.333. The quantitative estimate of drug-likeness (QED) is 0.467. The van der Waals surface area contributed by atoms with Gasteiger partial charge in [-0.1, -0.05) is 17.4 Å². The molecule has 0 radical (unpaired) electrons. The van der Waals surface area contributed by atoms with Crippen molar-refractivity contribution in [2.24, 2.45) is 5.41 Å². The van der Waals surface area contributed by atoms with Crippen LogP contribution in [0.3, 0.4) is 0 Å². The van der Waals surface area contributed by atoms with Crippen LogP contribution in [0.5, 0.6) is 5.75 Å².